The van der Waals surface area contributed by atoms with Crippen LogP contribution in [0.1, 0.15) is 45.4 Å². The predicted molar refractivity (Wildman–Crippen MR) is 72.9 cm³/mol. The van der Waals surface area contributed by atoms with Gasteiger partial charge in [0.15, 0.2) is 0 Å². The molecule has 0 radical (unpaired) electrons. The van der Waals surface area contributed by atoms with Crippen LogP contribution in [-0.2, 0) is 0 Å². The third-order valence-corrected chi connectivity index (χ3v) is 4.20. The maximum absolute atomic E-state index is 12.6. The van der Waals surface area contributed by atoms with Crippen LogP contribution in [0.15, 0.2) is 0 Å². The molecule has 0 bridgehead atoms. The van der Waals surface area contributed by atoms with E-state index in [1.54, 1.807) is 18.7 Å². The molecule has 2 atom stereocenters. The molecule has 2 rings (SSSR count). The minimum atomic E-state index is -1.07. The highest BCUT2D eigenvalue weighted by Crippen LogP contribution is 2.28. The van der Waals surface area contributed by atoms with Gasteiger partial charge in [0, 0.05) is 12.2 Å². The molecule has 1 aliphatic heterocycles. The molecule has 2 unspecified atom stereocenters. The first kappa shape index (κ1) is 14.6. The number of aromatic nitrogens is 1. The molecule has 2 heterocycles. The molecule has 1 aliphatic rings. The minimum Gasteiger partial charge on any atom is -0.477 e. The summed E-state index contributed by atoms with van der Waals surface area (Å²) in [5.41, 5.74) is 1.48. The van der Waals surface area contributed by atoms with Gasteiger partial charge in [-0.05, 0) is 31.7 Å². The van der Waals surface area contributed by atoms with Crippen LogP contribution in [0, 0.1) is 19.8 Å². The summed E-state index contributed by atoms with van der Waals surface area (Å²) in [7, 11) is 0. The number of H-pyrrole nitrogens is 1. The van der Waals surface area contributed by atoms with E-state index in [-0.39, 0.29) is 30.2 Å². The number of likely N-dealkylation sites (tertiary alicyclic amines) is 1. The average molecular weight is 280 g/mol. The van der Waals surface area contributed by atoms with Crippen molar-refractivity contribution in [2.24, 2.45) is 5.92 Å². The molecular formula is C14H20N2O4. The molecule has 1 amide bonds. The number of aromatic amines is 1. The molecule has 0 spiro atoms. The second-order valence-corrected chi connectivity index (χ2v) is 5.44. The predicted octanol–water partition coefficient (Wildman–Crippen LogP) is 1.17. The molecule has 0 aromatic carbocycles. The van der Waals surface area contributed by atoms with Crippen molar-refractivity contribution in [3.05, 3.63) is 22.5 Å². The second kappa shape index (κ2) is 5.28. The Kier molecular flexibility index (Phi) is 3.85. The van der Waals surface area contributed by atoms with E-state index >= 15 is 0 Å². The van der Waals surface area contributed by atoms with Crippen LogP contribution in [0.25, 0.3) is 0 Å². The van der Waals surface area contributed by atoms with Crippen molar-refractivity contribution >= 4 is 11.9 Å². The minimum absolute atomic E-state index is 0.0543. The topological polar surface area (TPSA) is 93.6 Å². The van der Waals surface area contributed by atoms with E-state index < -0.39 is 5.97 Å². The van der Waals surface area contributed by atoms with E-state index in [1.165, 1.54) is 0 Å². The Morgan fingerprint density at radius 3 is 2.55 bits per heavy atom. The largest absolute Gasteiger partial charge is 0.477 e. The molecule has 6 heteroatoms. The molecule has 20 heavy (non-hydrogen) atoms. The summed E-state index contributed by atoms with van der Waals surface area (Å²) < 4.78 is 0. The first-order valence-corrected chi connectivity index (χ1v) is 6.72. The summed E-state index contributed by atoms with van der Waals surface area (Å²) in [4.78, 5) is 28.2. The van der Waals surface area contributed by atoms with Gasteiger partial charge in [-0.1, -0.05) is 6.92 Å². The molecule has 0 saturated carbocycles. The van der Waals surface area contributed by atoms with Gasteiger partial charge >= 0.3 is 5.97 Å². The number of aliphatic hydroxyl groups excluding tert-OH is 1. The van der Waals surface area contributed by atoms with Crippen molar-refractivity contribution in [3.63, 3.8) is 0 Å². The zero-order valence-electron chi connectivity index (χ0n) is 11.9. The Balaban J connectivity index is 2.37. The van der Waals surface area contributed by atoms with Gasteiger partial charge in [-0.15, -0.1) is 0 Å². The highest BCUT2D eigenvalue weighted by Gasteiger charge is 2.36. The summed E-state index contributed by atoms with van der Waals surface area (Å²) in [6.07, 6.45) is 0.852. The lowest BCUT2D eigenvalue weighted by Gasteiger charge is -2.25. The van der Waals surface area contributed by atoms with Crippen molar-refractivity contribution < 1.29 is 19.8 Å². The van der Waals surface area contributed by atoms with Crippen LogP contribution < -0.4 is 0 Å². The Bertz CT molecular complexity index is 550. The van der Waals surface area contributed by atoms with Crippen molar-refractivity contribution in [2.75, 3.05) is 13.2 Å². The zero-order chi connectivity index (χ0) is 15.0. The monoisotopic (exact) mass is 280 g/mol. The van der Waals surface area contributed by atoms with Crippen molar-refractivity contribution in [3.8, 4) is 0 Å². The van der Waals surface area contributed by atoms with Crippen LogP contribution in [0.5, 0.6) is 0 Å². The van der Waals surface area contributed by atoms with E-state index in [1.807, 2.05) is 6.92 Å². The van der Waals surface area contributed by atoms with Crippen LogP contribution in [0.2, 0.25) is 0 Å². The number of rotatable bonds is 3. The molecule has 1 aromatic rings. The van der Waals surface area contributed by atoms with E-state index in [0.717, 1.165) is 6.42 Å². The standard InChI is InChI=1S/C14H20N2O4/c1-7-4-5-16(10(7)6-17)13(18)11-8(2)12(14(19)20)15-9(11)3/h7,10,15,17H,4-6H2,1-3H3,(H,19,20). The van der Waals surface area contributed by atoms with Gasteiger partial charge < -0.3 is 20.1 Å². The summed E-state index contributed by atoms with van der Waals surface area (Å²) in [6.45, 7) is 5.86. The van der Waals surface area contributed by atoms with E-state index in [9.17, 15) is 14.7 Å². The Labute approximate surface area is 117 Å². The van der Waals surface area contributed by atoms with E-state index in [2.05, 4.69) is 4.98 Å². The normalized spacial score (nSPS) is 22.3. The van der Waals surface area contributed by atoms with Crippen molar-refractivity contribution in [1.29, 1.82) is 0 Å². The maximum atomic E-state index is 12.6. The third kappa shape index (κ3) is 2.20. The summed E-state index contributed by atoms with van der Waals surface area (Å²) >= 11 is 0. The molecule has 110 valence electrons. The highest BCUT2D eigenvalue weighted by atomic mass is 16.4. The third-order valence-electron chi connectivity index (χ3n) is 4.20. The van der Waals surface area contributed by atoms with Crippen LogP contribution in [0.4, 0.5) is 0 Å². The average Bonchev–Trinajstić information content (AvgIpc) is 2.89. The lowest BCUT2D eigenvalue weighted by molar-refractivity contribution is 0.0647. The van der Waals surface area contributed by atoms with E-state index in [0.29, 0.717) is 23.4 Å². The van der Waals surface area contributed by atoms with E-state index in [4.69, 9.17) is 5.11 Å². The highest BCUT2D eigenvalue weighted by molar-refractivity contribution is 6.01. The van der Waals surface area contributed by atoms with Gasteiger partial charge in [0.1, 0.15) is 5.69 Å². The number of aliphatic hydroxyl groups is 1. The van der Waals surface area contributed by atoms with Crippen LogP contribution in [0.3, 0.4) is 0 Å². The van der Waals surface area contributed by atoms with Crippen molar-refractivity contribution in [1.82, 2.24) is 9.88 Å². The van der Waals surface area contributed by atoms with Gasteiger partial charge in [-0.3, -0.25) is 4.79 Å². The number of carboxylic acid groups (broad SMARTS) is 1. The fourth-order valence-electron chi connectivity index (χ4n) is 2.97. The fourth-order valence-corrected chi connectivity index (χ4v) is 2.97. The van der Waals surface area contributed by atoms with Gasteiger partial charge in [0.05, 0.1) is 18.2 Å². The molecule has 1 fully saturated rings. The quantitative estimate of drug-likeness (QED) is 0.774. The number of hydrogen-bond acceptors (Lipinski definition) is 3. The van der Waals surface area contributed by atoms with Gasteiger partial charge in [0.2, 0.25) is 0 Å². The maximum Gasteiger partial charge on any atom is 0.352 e. The lowest BCUT2D eigenvalue weighted by atomic mass is 10.0. The molecule has 0 aliphatic carbocycles. The number of amides is 1. The molecule has 1 saturated heterocycles. The number of carboxylic acids is 1. The zero-order valence-corrected chi connectivity index (χ0v) is 11.9. The number of aromatic carboxylic acids is 1. The number of hydrogen-bond donors (Lipinski definition) is 3. The Morgan fingerprint density at radius 1 is 1.40 bits per heavy atom. The first-order valence-electron chi connectivity index (χ1n) is 6.72. The lowest BCUT2D eigenvalue weighted by Crippen LogP contribution is -2.40. The second-order valence-electron chi connectivity index (χ2n) is 5.44. The molecule has 1 aromatic heterocycles. The summed E-state index contributed by atoms with van der Waals surface area (Å²) in [5, 5.41) is 18.5. The van der Waals surface area contributed by atoms with Crippen LogP contribution in [-0.4, -0.2) is 51.2 Å². The molecular weight excluding hydrogens is 260 g/mol. The number of carbonyl (C=O) groups excluding carboxylic acids is 1. The number of nitrogens with one attached hydrogen (secondary N) is 1. The number of nitrogens with zero attached hydrogens (tertiary/aromatic N) is 1. The van der Waals surface area contributed by atoms with Gasteiger partial charge in [0.25, 0.3) is 5.91 Å². The SMILES string of the molecule is Cc1[nH]c(C(=O)O)c(C)c1C(=O)N1CCC(C)C1CO. The number of aryl methyl sites for hydroxylation is 1. The van der Waals surface area contributed by atoms with Crippen LogP contribution >= 0.6 is 0 Å². The summed E-state index contributed by atoms with van der Waals surface area (Å²) in [5.74, 6) is -1.02. The van der Waals surface area contributed by atoms with Gasteiger partial charge in [-0.2, -0.15) is 0 Å². The smallest absolute Gasteiger partial charge is 0.352 e. The molecule has 3 N–H and O–H groups in total. The fraction of sp³-hybridized carbons (Fsp3) is 0.571. The summed E-state index contributed by atoms with van der Waals surface area (Å²) in [6, 6.07) is -0.190. The van der Waals surface area contributed by atoms with Crippen molar-refractivity contribution in [2.45, 2.75) is 33.2 Å². The molecule has 6 nitrogen and oxygen atoms in total. The first-order chi connectivity index (χ1) is 9.38. The van der Waals surface area contributed by atoms with Gasteiger partial charge in [-0.25, -0.2) is 4.79 Å². The Hall–Kier alpha value is -1.82. The Morgan fingerprint density at radius 2 is 2.05 bits per heavy atom. The number of carbonyl (C=O) groups is 2.